The molecule has 2 aromatic carbocycles. The molecule has 2 aromatic rings. The van der Waals surface area contributed by atoms with Crippen LogP contribution in [0.1, 0.15) is 17.2 Å². The van der Waals surface area contributed by atoms with Gasteiger partial charge in [-0.15, -0.1) is 0 Å². The van der Waals surface area contributed by atoms with Crippen LogP contribution in [0.5, 0.6) is 17.2 Å². The van der Waals surface area contributed by atoms with Crippen LogP contribution in [0.4, 0.5) is 10.5 Å². The van der Waals surface area contributed by atoms with Crippen molar-refractivity contribution in [3.8, 4) is 17.2 Å². The summed E-state index contributed by atoms with van der Waals surface area (Å²) in [5, 5.41) is 6.19. The Kier molecular flexibility index (Phi) is 4.73. The molecule has 28 heavy (non-hydrogen) atoms. The molecular weight excluding hydrogens is 358 g/mol. The number of ether oxygens (including phenoxy) is 3. The van der Waals surface area contributed by atoms with E-state index in [0.29, 0.717) is 29.6 Å². The van der Waals surface area contributed by atoms with Gasteiger partial charge in [-0.1, -0.05) is 12.1 Å². The van der Waals surface area contributed by atoms with Crippen LogP contribution in [-0.4, -0.2) is 38.8 Å². The molecule has 1 unspecified atom stereocenters. The number of methoxy groups -OCH3 is 3. The first-order valence-electron chi connectivity index (χ1n) is 9.09. The normalized spacial score (nSPS) is 17.7. The highest BCUT2D eigenvalue weighted by molar-refractivity contribution is 5.81. The van der Waals surface area contributed by atoms with Gasteiger partial charge < -0.3 is 24.4 Å². The molecule has 0 aliphatic carbocycles. The molecule has 0 saturated carbocycles. The van der Waals surface area contributed by atoms with E-state index in [-0.39, 0.29) is 12.1 Å². The number of rotatable bonds is 5. The van der Waals surface area contributed by atoms with E-state index in [1.165, 1.54) is 5.56 Å². The Morgan fingerprint density at radius 2 is 1.82 bits per heavy atom. The third-order valence-corrected chi connectivity index (χ3v) is 5.14. The van der Waals surface area contributed by atoms with Gasteiger partial charge in [0, 0.05) is 6.54 Å². The van der Waals surface area contributed by atoms with Gasteiger partial charge in [0.25, 0.3) is 0 Å². The van der Waals surface area contributed by atoms with Crippen LogP contribution in [0.15, 0.2) is 48.3 Å². The fourth-order valence-corrected chi connectivity index (χ4v) is 3.74. The number of nitrogens with one attached hydrogen (secondary N) is 2. The number of urea groups is 1. The van der Waals surface area contributed by atoms with Crippen molar-refractivity contribution in [2.45, 2.75) is 12.5 Å². The lowest BCUT2D eigenvalue weighted by Gasteiger charge is -2.39. The molecule has 0 bridgehead atoms. The quantitative estimate of drug-likeness (QED) is 0.832. The zero-order valence-corrected chi connectivity index (χ0v) is 16.1. The number of amides is 2. The summed E-state index contributed by atoms with van der Waals surface area (Å²) in [5.41, 5.74) is 2.97. The van der Waals surface area contributed by atoms with Crippen molar-refractivity contribution in [2.24, 2.45) is 0 Å². The van der Waals surface area contributed by atoms with Crippen molar-refractivity contribution >= 4 is 11.7 Å². The highest BCUT2D eigenvalue weighted by atomic mass is 16.5. The van der Waals surface area contributed by atoms with E-state index in [1.807, 2.05) is 47.4 Å². The highest BCUT2D eigenvalue weighted by Crippen LogP contribution is 2.38. The van der Waals surface area contributed by atoms with Crippen molar-refractivity contribution < 1.29 is 19.0 Å². The number of hydrogen-bond donors (Lipinski definition) is 2. The van der Waals surface area contributed by atoms with Gasteiger partial charge in [-0.25, -0.2) is 4.79 Å². The van der Waals surface area contributed by atoms with Gasteiger partial charge in [0.1, 0.15) is 28.8 Å². The largest absolute Gasteiger partial charge is 0.497 e. The SMILES string of the molecule is COc1ccc2c(c1)CCN1C(=O)NC(Nc3c(OC)cccc3OC)=CC21. The summed E-state index contributed by atoms with van der Waals surface area (Å²) >= 11 is 0. The second-order valence-corrected chi connectivity index (χ2v) is 6.63. The van der Waals surface area contributed by atoms with Gasteiger partial charge >= 0.3 is 6.03 Å². The molecule has 2 N–H and O–H groups in total. The summed E-state index contributed by atoms with van der Waals surface area (Å²) in [7, 11) is 4.86. The van der Waals surface area contributed by atoms with Crippen molar-refractivity contribution in [2.75, 3.05) is 33.2 Å². The van der Waals surface area contributed by atoms with Gasteiger partial charge in [-0.2, -0.15) is 0 Å². The lowest BCUT2D eigenvalue weighted by Crippen LogP contribution is -2.49. The van der Waals surface area contributed by atoms with Gasteiger partial charge in [-0.05, 0) is 47.9 Å². The van der Waals surface area contributed by atoms with Crippen LogP contribution in [0.3, 0.4) is 0 Å². The van der Waals surface area contributed by atoms with Crippen LogP contribution in [0, 0.1) is 0 Å². The van der Waals surface area contributed by atoms with Crippen molar-refractivity contribution in [3.05, 3.63) is 59.4 Å². The molecule has 146 valence electrons. The lowest BCUT2D eigenvalue weighted by atomic mass is 9.91. The molecule has 0 fully saturated rings. The highest BCUT2D eigenvalue weighted by Gasteiger charge is 2.34. The smallest absolute Gasteiger partial charge is 0.323 e. The van der Waals surface area contributed by atoms with Crippen LogP contribution in [0.25, 0.3) is 0 Å². The van der Waals surface area contributed by atoms with Crippen molar-refractivity contribution in [1.29, 1.82) is 0 Å². The molecule has 2 aliphatic rings. The maximum atomic E-state index is 12.7. The predicted octanol–water partition coefficient (Wildman–Crippen LogP) is 3.29. The molecule has 0 saturated heterocycles. The summed E-state index contributed by atoms with van der Waals surface area (Å²) in [6.07, 6.45) is 2.81. The number of para-hydroxylation sites is 1. The van der Waals surface area contributed by atoms with Crippen LogP contribution < -0.4 is 24.8 Å². The molecule has 0 aromatic heterocycles. The zero-order valence-electron chi connectivity index (χ0n) is 16.1. The Bertz CT molecular complexity index is 919. The van der Waals surface area contributed by atoms with Crippen LogP contribution >= 0.6 is 0 Å². The lowest BCUT2D eigenvalue weighted by molar-refractivity contribution is 0.179. The van der Waals surface area contributed by atoms with Crippen LogP contribution in [-0.2, 0) is 6.42 Å². The van der Waals surface area contributed by atoms with E-state index in [0.717, 1.165) is 17.7 Å². The van der Waals surface area contributed by atoms with Crippen LogP contribution in [0.2, 0.25) is 0 Å². The Balaban J connectivity index is 1.71. The monoisotopic (exact) mass is 381 g/mol. The summed E-state index contributed by atoms with van der Waals surface area (Å²) < 4.78 is 16.2. The summed E-state index contributed by atoms with van der Waals surface area (Å²) in [6, 6.07) is 11.2. The number of carbonyl (C=O) groups excluding carboxylic acids is 1. The zero-order chi connectivity index (χ0) is 19.7. The summed E-state index contributed by atoms with van der Waals surface area (Å²) in [6.45, 7) is 0.651. The maximum Gasteiger partial charge on any atom is 0.323 e. The molecule has 7 nitrogen and oxygen atoms in total. The van der Waals surface area contributed by atoms with E-state index in [1.54, 1.807) is 21.3 Å². The fraction of sp³-hybridized carbons (Fsp3) is 0.286. The fourth-order valence-electron chi connectivity index (χ4n) is 3.74. The average Bonchev–Trinajstić information content (AvgIpc) is 2.73. The summed E-state index contributed by atoms with van der Waals surface area (Å²) in [4.78, 5) is 14.6. The van der Waals surface area contributed by atoms with Gasteiger partial charge in [0.05, 0.1) is 27.4 Å². The Morgan fingerprint density at radius 1 is 1.07 bits per heavy atom. The Labute approximate surface area is 163 Å². The Hall–Kier alpha value is -3.35. The standard InChI is InChI=1S/C21H23N3O4/c1-26-14-7-8-15-13(11-14)9-10-24-16(15)12-19(23-21(24)25)22-20-17(27-2)5-4-6-18(20)28-3/h4-8,11-12,16,22H,9-10H2,1-3H3,(H,23,25). The second kappa shape index (κ2) is 7.34. The first-order chi connectivity index (χ1) is 13.6. The number of nitrogens with zero attached hydrogens (tertiary/aromatic N) is 1. The first-order valence-corrected chi connectivity index (χ1v) is 9.09. The Morgan fingerprint density at radius 3 is 2.50 bits per heavy atom. The third kappa shape index (κ3) is 3.09. The van der Waals surface area contributed by atoms with Crippen molar-refractivity contribution in [3.63, 3.8) is 0 Å². The van der Waals surface area contributed by atoms with Gasteiger partial charge in [0.2, 0.25) is 0 Å². The number of fused-ring (bicyclic) bond motifs is 3. The minimum atomic E-state index is -0.147. The molecule has 4 rings (SSSR count). The molecule has 1 atom stereocenters. The molecule has 7 heteroatoms. The molecular formula is C21H23N3O4. The number of hydrogen-bond acceptors (Lipinski definition) is 5. The van der Waals surface area contributed by atoms with E-state index < -0.39 is 0 Å². The van der Waals surface area contributed by atoms with E-state index in [2.05, 4.69) is 10.6 Å². The van der Waals surface area contributed by atoms with Crippen molar-refractivity contribution in [1.82, 2.24) is 10.2 Å². The average molecular weight is 381 g/mol. The number of anilines is 1. The third-order valence-electron chi connectivity index (χ3n) is 5.14. The van der Waals surface area contributed by atoms with E-state index in [9.17, 15) is 4.79 Å². The topological polar surface area (TPSA) is 72.1 Å². The minimum Gasteiger partial charge on any atom is -0.497 e. The van der Waals surface area contributed by atoms with E-state index in [4.69, 9.17) is 14.2 Å². The predicted molar refractivity (Wildman–Crippen MR) is 106 cm³/mol. The first kappa shape index (κ1) is 18.0. The number of benzene rings is 2. The van der Waals surface area contributed by atoms with Gasteiger partial charge in [0.15, 0.2) is 0 Å². The maximum absolute atomic E-state index is 12.7. The molecule has 2 amide bonds. The molecule has 0 radical (unpaired) electrons. The van der Waals surface area contributed by atoms with Gasteiger partial charge in [-0.3, -0.25) is 5.32 Å². The summed E-state index contributed by atoms with van der Waals surface area (Å²) in [5.74, 6) is 2.68. The van der Waals surface area contributed by atoms with E-state index >= 15 is 0 Å². The molecule has 0 spiro atoms. The number of carbonyl (C=O) groups is 1. The second-order valence-electron chi connectivity index (χ2n) is 6.63. The minimum absolute atomic E-state index is 0.134. The molecule has 2 heterocycles. The molecule has 2 aliphatic heterocycles.